The second-order valence-electron chi connectivity index (χ2n) is 7.15. The number of carbonyl (C=O) groups is 1. The number of likely N-dealkylation sites (tertiary alicyclic amines) is 1. The number of thiazole rings is 1. The zero-order chi connectivity index (χ0) is 20.5. The van der Waals surface area contributed by atoms with Gasteiger partial charge in [0.1, 0.15) is 4.88 Å². The summed E-state index contributed by atoms with van der Waals surface area (Å²) in [5.74, 6) is 0.692. The van der Waals surface area contributed by atoms with Crippen molar-refractivity contribution in [2.24, 2.45) is 4.99 Å². The molecule has 1 amide bonds. The van der Waals surface area contributed by atoms with Crippen LogP contribution in [0, 0.1) is 6.92 Å². The second kappa shape index (κ2) is 10.9. The molecular weight excluding hydrogens is 384 g/mol. The van der Waals surface area contributed by atoms with Gasteiger partial charge in [0, 0.05) is 39.3 Å². The molecule has 2 aromatic rings. The zero-order valence-electron chi connectivity index (χ0n) is 17.1. The summed E-state index contributed by atoms with van der Waals surface area (Å²) >= 11 is 1.37. The average Bonchev–Trinajstić information content (AvgIpc) is 3.36. The molecule has 1 aliphatic rings. The number of carbonyl (C=O) groups excluding carboxylic acids is 1. The van der Waals surface area contributed by atoms with Crippen molar-refractivity contribution in [3.05, 3.63) is 52.0 Å². The van der Waals surface area contributed by atoms with E-state index in [1.807, 2.05) is 6.92 Å². The summed E-state index contributed by atoms with van der Waals surface area (Å²) in [5, 5.41) is 9.61. The van der Waals surface area contributed by atoms with Gasteiger partial charge in [0.25, 0.3) is 5.91 Å². The molecule has 0 saturated carbocycles. The third kappa shape index (κ3) is 6.27. The standard InChI is InChI=1S/C21H30N6OS/c1-16-19(29-15-26-16)20(28)23-10-11-24-21(22-2)25-13-18-9-6-12-27(18)14-17-7-4-3-5-8-17/h3-5,7-8,15,18H,6,9-14H2,1-2H3,(H,23,28)(H2,22,24,25). The van der Waals surface area contributed by atoms with Gasteiger partial charge >= 0.3 is 0 Å². The predicted octanol–water partition coefficient (Wildman–Crippen LogP) is 2.01. The molecule has 3 rings (SSSR count). The second-order valence-corrected chi connectivity index (χ2v) is 8.01. The Morgan fingerprint density at radius 2 is 2.03 bits per heavy atom. The molecule has 2 heterocycles. The van der Waals surface area contributed by atoms with Gasteiger partial charge < -0.3 is 16.0 Å². The fourth-order valence-corrected chi connectivity index (χ4v) is 4.26. The predicted molar refractivity (Wildman–Crippen MR) is 118 cm³/mol. The number of hydrogen-bond donors (Lipinski definition) is 3. The highest BCUT2D eigenvalue weighted by Crippen LogP contribution is 2.19. The van der Waals surface area contributed by atoms with Crippen LogP contribution in [0.4, 0.5) is 0 Å². The number of nitrogens with one attached hydrogen (secondary N) is 3. The topological polar surface area (TPSA) is 81.6 Å². The van der Waals surface area contributed by atoms with Crippen LogP contribution >= 0.6 is 11.3 Å². The van der Waals surface area contributed by atoms with Crippen LogP contribution in [0.3, 0.4) is 0 Å². The van der Waals surface area contributed by atoms with E-state index in [0.717, 1.165) is 31.3 Å². The molecule has 0 aliphatic carbocycles. The minimum absolute atomic E-state index is 0.0720. The summed E-state index contributed by atoms with van der Waals surface area (Å²) in [6.45, 7) is 5.97. The molecule has 7 nitrogen and oxygen atoms in total. The number of guanidine groups is 1. The molecule has 3 N–H and O–H groups in total. The number of amides is 1. The summed E-state index contributed by atoms with van der Waals surface area (Å²) < 4.78 is 0. The molecule has 1 atom stereocenters. The number of nitrogens with zero attached hydrogens (tertiary/aromatic N) is 3. The monoisotopic (exact) mass is 414 g/mol. The van der Waals surface area contributed by atoms with Crippen molar-refractivity contribution in [3.8, 4) is 0 Å². The van der Waals surface area contributed by atoms with E-state index in [1.165, 1.54) is 29.7 Å². The van der Waals surface area contributed by atoms with E-state index in [2.05, 4.69) is 61.2 Å². The highest BCUT2D eigenvalue weighted by molar-refractivity contribution is 7.11. The van der Waals surface area contributed by atoms with Gasteiger partial charge in [-0.05, 0) is 31.9 Å². The highest BCUT2D eigenvalue weighted by Gasteiger charge is 2.24. The molecule has 1 aromatic heterocycles. The molecule has 156 valence electrons. The molecular formula is C21H30N6OS. The molecule has 0 radical (unpaired) electrons. The molecule has 1 unspecified atom stereocenters. The van der Waals surface area contributed by atoms with Gasteiger partial charge in [0.15, 0.2) is 5.96 Å². The average molecular weight is 415 g/mol. The number of rotatable bonds is 8. The number of hydrogen-bond acceptors (Lipinski definition) is 5. The molecule has 1 aromatic carbocycles. The van der Waals surface area contributed by atoms with Crippen LogP contribution in [0.5, 0.6) is 0 Å². The molecule has 8 heteroatoms. The maximum absolute atomic E-state index is 12.1. The third-order valence-electron chi connectivity index (χ3n) is 5.11. The summed E-state index contributed by atoms with van der Waals surface area (Å²) in [7, 11) is 1.77. The fraction of sp³-hybridized carbons (Fsp3) is 0.476. The van der Waals surface area contributed by atoms with Crippen molar-refractivity contribution in [3.63, 3.8) is 0 Å². The summed E-state index contributed by atoms with van der Waals surface area (Å²) in [4.78, 5) is 23.7. The lowest BCUT2D eigenvalue weighted by Gasteiger charge is -2.25. The number of aromatic nitrogens is 1. The SMILES string of the molecule is CN=C(NCCNC(=O)c1scnc1C)NCC1CCCN1Cc1ccccc1. The molecule has 1 aliphatic heterocycles. The van der Waals surface area contributed by atoms with Crippen LogP contribution in [0.25, 0.3) is 0 Å². The Kier molecular flexibility index (Phi) is 8.01. The normalized spacial score (nSPS) is 17.3. The molecule has 0 spiro atoms. The fourth-order valence-electron chi connectivity index (χ4n) is 3.54. The van der Waals surface area contributed by atoms with Gasteiger partial charge in [-0.3, -0.25) is 14.7 Å². The van der Waals surface area contributed by atoms with Crippen molar-refractivity contribution in [1.82, 2.24) is 25.8 Å². The van der Waals surface area contributed by atoms with E-state index >= 15 is 0 Å². The van der Waals surface area contributed by atoms with Gasteiger partial charge in [0.05, 0.1) is 11.2 Å². The molecule has 1 fully saturated rings. The zero-order valence-corrected chi connectivity index (χ0v) is 18.0. The maximum Gasteiger partial charge on any atom is 0.263 e. The van der Waals surface area contributed by atoms with E-state index in [1.54, 1.807) is 12.6 Å². The Labute approximate surface area is 176 Å². The van der Waals surface area contributed by atoms with E-state index < -0.39 is 0 Å². The summed E-state index contributed by atoms with van der Waals surface area (Å²) in [6.07, 6.45) is 2.43. The summed E-state index contributed by atoms with van der Waals surface area (Å²) in [6, 6.07) is 11.1. The van der Waals surface area contributed by atoms with Gasteiger partial charge in [0.2, 0.25) is 0 Å². The van der Waals surface area contributed by atoms with Crippen molar-refractivity contribution in [2.75, 3.05) is 33.2 Å². The quantitative estimate of drug-likeness (QED) is 0.350. The first kappa shape index (κ1) is 21.3. The lowest BCUT2D eigenvalue weighted by Crippen LogP contribution is -2.46. The largest absolute Gasteiger partial charge is 0.355 e. The van der Waals surface area contributed by atoms with Gasteiger partial charge in [-0.25, -0.2) is 4.98 Å². The summed E-state index contributed by atoms with van der Waals surface area (Å²) in [5.41, 5.74) is 3.82. The van der Waals surface area contributed by atoms with E-state index in [4.69, 9.17) is 0 Å². The van der Waals surface area contributed by atoms with Gasteiger partial charge in [-0.1, -0.05) is 30.3 Å². The van der Waals surface area contributed by atoms with Crippen LogP contribution in [0.2, 0.25) is 0 Å². The van der Waals surface area contributed by atoms with Crippen LogP contribution in [-0.2, 0) is 6.54 Å². The van der Waals surface area contributed by atoms with E-state index in [9.17, 15) is 4.79 Å². The Bertz CT molecular complexity index is 807. The van der Waals surface area contributed by atoms with Gasteiger partial charge in [-0.2, -0.15) is 0 Å². The minimum Gasteiger partial charge on any atom is -0.355 e. The van der Waals surface area contributed by atoms with Crippen LogP contribution in [0.1, 0.15) is 33.8 Å². The Balaban J connectivity index is 1.37. The van der Waals surface area contributed by atoms with E-state index in [-0.39, 0.29) is 5.91 Å². The Morgan fingerprint density at radius 1 is 1.24 bits per heavy atom. The number of benzene rings is 1. The van der Waals surface area contributed by atoms with E-state index in [0.29, 0.717) is 24.0 Å². The minimum atomic E-state index is -0.0720. The molecule has 0 bridgehead atoms. The third-order valence-corrected chi connectivity index (χ3v) is 6.04. The van der Waals surface area contributed by atoms with Crippen molar-refractivity contribution in [2.45, 2.75) is 32.4 Å². The van der Waals surface area contributed by atoms with Gasteiger partial charge in [-0.15, -0.1) is 11.3 Å². The first-order valence-corrected chi connectivity index (χ1v) is 11.0. The van der Waals surface area contributed by atoms with Crippen molar-refractivity contribution < 1.29 is 4.79 Å². The lowest BCUT2D eigenvalue weighted by atomic mass is 10.2. The van der Waals surface area contributed by atoms with Crippen molar-refractivity contribution in [1.29, 1.82) is 0 Å². The molecule has 1 saturated heterocycles. The Morgan fingerprint density at radius 3 is 2.76 bits per heavy atom. The van der Waals surface area contributed by atoms with Crippen LogP contribution < -0.4 is 16.0 Å². The molecule has 29 heavy (non-hydrogen) atoms. The lowest BCUT2D eigenvalue weighted by molar-refractivity contribution is 0.0957. The van der Waals surface area contributed by atoms with Crippen molar-refractivity contribution >= 4 is 23.2 Å². The highest BCUT2D eigenvalue weighted by atomic mass is 32.1. The van der Waals surface area contributed by atoms with Crippen LogP contribution in [-0.4, -0.2) is 61.0 Å². The Hall–Kier alpha value is -2.45. The number of aryl methyl sites for hydroxylation is 1. The van der Waals surface area contributed by atoms with Crippen LogP contribution in [0.15, 0.2) is 40.8 Å². The first-order valence-electron chi connectivity index (χ1n) is 10.1. The smallest absolute Gasteiger partial charge is 0.263 e. The first-order chi connectivity index (χ1) is 14.2. The maximum atomic E-state index is 12.1. The number of aliphatic imine (C=N–C) groups is 1.